The first-order valence-electron chi connectivity index (χ1n) is 3.97. The Morgan fingerprint density at radius 1 is 1.55 bits per heavy atom. The summed E-state index contributed by atoms with van der Waals surface area (Å²) in [5.41, 5.74) is 0. The average molecular weight is 156 g/mol. The van der Waals surface area contributed by atoms with Crippen LogP contribution in [0.4, 0.5) is 0 Å². The number of carboxylic acid groups (broad SMARTS) is 1. The third-order valence-electron chi connectivity index (χ3n) is 2.55. The molecule has 2 rings (SSSR count). The standard InChI is InChI=1S/C7H12N2O2/c10-7(11)6-2-1-5-3-9(6)4-8-5/h5-6,8H,1-4H2,(H,10,11)/t5-,6+/m1/s1. The smallest absolute Gasteiger partial charge is 0.320 e. The lowest BCUT2D eigenvalue weighted by molar-refractivity contribution is -0.143. The number of fused-ring (bicyclic) bond motifs is 2. The van der Waals surface area contributed by atoms with Crippen LogP contribution >= 0.6 is 0 Å². The maximum absolute atomic E-state index is 10.7. The molecule has 1 unspecified atom stereocenters. The van der Waals surface area contributed by atoms with E-state index in [-0.39, 0.29) is 6.04 Å². The van der Waals surface area contributed by atoms with Gasteiger partial charge in [-0.2, -0.15) is 0 Å². The molecular formula is C7H12N2O2. The number of rotatable bonds is 1. The molecule has 0 spiro atoms. The molecule has 2 saturated heterocycles. The molecular weight excluding hydrogens is 144 g/mol. The highest BCUT2D eigenvalue weighted by atomic mass is 16.4. The Labute approximate surface area is 65.2 Å². The van der Waals surface area contributed by atoms with Gasteiger partial charge in [0.25, 0.3) is 0 Å². The van der Waals surface area contributed by atoms with Crippen LogP contribution in [0.1, 0.15) is 12.8 Å². The van der Waals surface area contributed by atoms with Crippen LogP contribution in [0, 0.1) is 0 Å². The third kappa shape index (κ3) is 1.12. The minimum absolute atomic E-state index is 0.235. The summed E-state index contributed by atoms with van der Waals surface area (Å²) in [5, 5.41) is 12.1. The van der Waals surface area contributed by atoms with Crippen molar-refractivity contribution >= 4 is 5.97 Å². The molecule has 2 aliphatic rings. The summed E-state index contributed by atoms with van der Waals surface area (Å²) < 4.78 is 0. The quantitative estimate of drug-likeness (QED) is 0.535. The Bertz CT molecular complexity index is 183. The molecule has 4 heteroatoms. The van der Waals surface area contributed by atoms with Crippen molar-refractivity contribution in [2.75, 3.05) is 13.2 Å². The molecule has 2 aliphatic heterocycles. The van der Waals surface area contributed by atoms with Crippen LogP contribution < -0.4 is 5.32 Å². The minimum Gasteiger partial charge on any atom is -0.480 e. The van der Waals surface area contributed by atoms with E-state index in [0.717, 1.165) is 26.1 Å². The number of aliphatic carboxylic acids is 1. The zero-order valence-electron chi connectivity index (χ0n) is 6.29. The highest BCUT2D eigenvalue weighted by molar-refractivity contribution is 5.73. The van der Waals surface area contributed by atoms with Gasteiger partial charge in [-0.1, -0.05) is 0 Å². The normalized spacial score (nSPS) is 42.4. The van der Waals surface area contributed by atoms with Crippen molar-refractivity contribution in [2.24, 2.45) is 0 Å². The lowest BCUT2D eigenvalue weighted by Crippen LogP contribution is -2.43. The second kappa shape index (κ2) is 2.46. The zero-order valence-corrected chi connectivity index (χ0v) is 6.29. The number of piperidine rings is 1. The molecule has 0 aliphatic carbocycles. The van der Waals surface area contributed by atoms with Crippen LogP contribution in [0.2, 0.25) is 0 Å². The highest BCUT2D eigenvalue weighted by Gasteiger charge is 2.36. The van der Waals surface area contributed by atoms with E-state index in [1.165, 1.54) is 0 Å². The highest BCUT2D eigenvalue weighted by Crippen LogP contribution is 2.20. The number of hydrogen-bond donors (Lipinski definition) is 2. The molecule has 0 aromatic carbocycles. The summed E-state index contributed by atoms with van der Waals surface area (Å²) in [5.74, 6) is -0.674. The Balaban J connectivity index is 2.07. The van der Waals surface area contributed by atoms with Crippen molar-refractivity contribution in [1.82, 2.24) is 10.2 Å². The van der Waals surface area contributed by atoms with Crippen LogP contribution in [0.25, 0.3) is 0 Å². The second-order valence-corrected chi connectivity index (χ2v) is 3.26. The molecule has 0 aromatic rings. The van der Waals surface area contributed by atoms with Crippen LogP contribution in [-0.2, 0) is 4.79 Å². The van der Waals surface area contributed by atoms with E-state index in [0.29, 0.717) is 6.04 Å². The Morgan fingerprint density at radius 3 is 3.09 bits per heavy atom. The van der Waals surface area contributed by atoms with Crippen LogP contribution in [0.15, 0.2) is 0 Å². The number of carbonyl (C=O) groups is 1. The van der Waals surface area contributed by atoms with Gasteiger partial charge in [-0.25, -0.2) is 0 Å². The monoisotopic (exact) mass is 156 g/mol. The number of hydrogen-bond acceptors (Lipinski definition) is 3. The molecule has 11 heavy (non-hydrogen) atoms. The van der Waals surface area contributed by atoms with Gasteiger partial charge in [-0.15, -0.1) is 0 Å². The molecule has 0 amide bonds. The zero-order chi connectivity index (χ0) is 7.84. The average Bonchev–Trinajstić information content (AvgIpc) is 2.32. The van der Waals surface area contributed by atoms with Crippen LogP contribution in [0.5, 0.6) is 0 Å². The largest absolute Gasteiger partial charge is 0.480 e. The van der Waals surface area contributed by atoms with Gasteiger partial charge < -0.3 is 10.4 Å². The molecule has 2 bridgehead atoms. The topological polar surface area (TPSA) is 52.6 Å². The van der Waals surface area contributed by atoms with Gasteiger partial charge in [0.2, 0.25) is 0 Å². The number of nitrogens with one attached hydrogen (secondary N) is 1. The Hall–Kier alpha value is -0.610. The van der Waals surface area contributed by atoms with Gasteiger partial charge in [0.1, 0.15) is 6.04 Å². The Morgan fingerprint density at radius 2 is 2.36 bits per heavy atom. The first kappa shape index (κ1) is 7.06. The summed E-state index contributed by atoms with van der Waals surface area (Å²) in [7, 11) is 0. The fraction of sp³-hybridized carbons (Fsp3) is 0.857. The maximum atomic E-state index is 10.7. The van der Waals surface area contributed by atoms with Crippen molar-refractivity contribution in [3.05, 3.63) is 0 Å². The summed E-state index contributed by atoms with van der Waals surface area (Å²) in [6.07, 6.45) is 1.81. The van der Waals surface area contributed by atoms with Gasteiger partial charge >= 0.3 is 5.97 Å². The van der Waals surface area contributed by atoms with E-state index in [1.54, 1.807) is 0 Å². The SMILES string of the molecule is O=C(O)[C@@H]1CC[C@@H]2CN1CN2. The lowest BCUT2D eigenvalue weighted by Gasteiger charge is -2.27. The van der Waals surface area contributed by atoms with Crippen molar-refractivity contribution in [3.63, 3.8) is 0 Å². The summed E-state index contributed by atoms with van der Waals surface area (Å²) >= 11 is 0. The van der Waals surface area contributed by atoms with Crippen molar-refractivity contribution in [1.29, 1.82) is 0 Å². The number of nitrogens with zero attached hydrogens (tertiary/aromatic N) is 1. The molecule has 2 N–H and O–H groups in total. The molecule has 2 fully saturated rings. The van der Waals surface area contributed by atoms with E-state index in [2.05, 4.69) is 5.32 Å². The van der Waals surface area contributed by atoms with Gasteiger partial charge in [-0.3, -0.25) is 9.69 Å². The van der Waals surface area contributed by atoms with E-state index in [4.69, 9.17) is 5.11 Å². The van der Waals surface area contributed by atoms with Gasteiger partial charge in [0, 0.05) is 19.3 Å². The van der Waals surface area contributed by atoms with Crippen molar-refractivity contribution in [3.8, 4) is 0 Å². The lowest BCUT2D eigenvalue weighted by atomic mass is 10.0. The minimum atomic E-state index is -0.674. The predicted octanol–water partition coefficient (Wildman–Crippen LogP) is -0.535. The molecule has 0 aromatic heterocycles. The Kier molecular flexibility index (Phi) is 1.58. The second-order valence-electron chi connectivity index (χ2n) is 3.26. The predicted molar refractivity (Wildman–Crippen MR) is 39.2 cm³/mol. The molecule has 0 radical (unpaired) electrons. The molecule has 4 nitrogen and oxygen atoms in total. The van der Waals surface area contributed by atoms with E-state index >= 15 is 0 Å². The van der Waals surface area contributed by atoms with Gasteiger partial charge in [0.15, 0.2) is 0 Å². The fourth-order valence-electron chi connectivity index (χ4n) is 1.91. The molecule has 3 atom stereocenters. The fourth-order valence-corrected chi connectivity index (χ4v) is 1.91. The molecule has 2 heterocycles. The van der Waals surface area contributed by atoms with E-state index in [9.17, 15) is 4.79 Å². The summed E-state index contributed by atoms with van der Waals surface area (Å²) in [6, 6.07) is 0.312. The van der Waals surface area contributed by atoms with Crippen molar-refractivity contribution in [2.45, 2.75) is 24.9 Å². The van der Waals surface area contributed by atoms with Gasteiger partial charge in [0.05, 0.1) is 0 Å². The number of carboxylic acids is 1. The first-order chi connectivity index (χ1) is 5.27. The maximum Gasteiger partial charge on any atom is 0.320 e. The summed E-state index contributed by atoms with van der Waals surface area (Å²) in [4.78, 5) is 12.7. The molecule has 62 valence electrons. The van der Waals surface area contributed by atoms with Crippen LogP contribution in [-0.4, -0.2) is 41.3 Å². The van der Waals surface area contributed by atoms with Crippen LogP contribution in [0.3, 0.4) is 0 Å². The van der Waals surface area contributed by atoms with Gasteiger partial charge in [-0.05, 0) is 12.8 Å². The van der Waals surface area contributed by atoms with E-state index in [1.807, 2.05) is 4.90 Å². The third-order valence-corrected chi connectivity index (χ3v) is 2.55. The van der Waals surface area contributed by atoms with E-state index < -0.39 is 5.97 Å². The first-order valence-corrected chi connectivity index (χ1v) is 3.97. The summed E-state index contributed by atoms with van der Waals surface area (Å²) in [6.45, 7) is 1.67. The van der Waals surface area contributed by atoms with Crippen molar-refractivity contribution < 1.29 is 9.90 Å². The molecule has 0 saturated carbocycles.